The van der Waals surface area contributed by atoms with E-state index in [2.05, 4.69) is 41.7 Å². The van der Waals surface area contributed by atoms with E-state index in [0.717, 1.165) is 23.9 Å². The molecule has 0 amide bonds. The van der Waals surface area contributed by atoms with Crippen LogP contribution in [0, 0.1) is 0 Å². The highest BCUT2D eigenvalue weighted by Crippen LogP contribution is 2.30. The van der Waals surface area contributed by atoms with Gasteiger partial charge in [-0.15, -0.1) is 4.37 Å². The van der Waals surface area contributed by atoms with Gasteiger partial charge in [0.15, 0.2) is 0 Å². The van der Waals surface area contributed by atoms with E-state index in [0.29, 0.717) is 11.0 Å². The summed E-state index contributed by atoms with van der Waals surface area (Å²) in [7, 11) is 0. The van der Waals surface area contributed by atoms with Gasteiger partial charge in [0.25, 0.3) is 5.88 Å². The highest BCUT2D eigenvalue weighted by Gasteiger charge is 2.17. The molecule has 0 atom stereocenters. The van der Waals surface area contributed by atoms with E-state index < -0.39 is 0 Å². The Kier molecular flexibility index (Phi) is 3.88. The maximum atomic E-state index is 5.83. The predicted molar refractivity (Wildman–Crippen MR) is 74.8 cm³/mol. The SMILES string of the molecule is CCC(C)(C)c1ccc(Oc2nsnc2Cl)cc1. The molecule has 1 aromatic heterocycles. The molecule has 0 fully saturated rings. The Morgan fingerprint density at radius 1 is 1.22 bits per heavy atom. The van der Waals surface area contributed by atoms with Crippen molar-refractivity contribution in [1.82, 2.24) is 8.75 Å². The highest BCUT2D eigenvalue weighted by atomic mass is 35.5. The van der Waals surface area contributed by atoms with Crippen LogP contribution >= 0.6 is 23.3 Å². The number of nitrogens with zero attached hydrogens (tertiary/aromatic N) is 2. The number of ether oxygens (including phenoxy) is 1. The third kappa shape index (κ3) is 2.82. The van der Waals surface area contributed by atoms with E-state index in [4.69, 9.17) is 16.3 Å². The van der Waals surface area contributed by atoms with E-state index in [1.54, 1.807) is 0 Å². The van der Waals surface area contributed by atoms with Crippen molar-refractivity contribution in [3.8, 4) is 11.6 Å². The molecule has 0 unspecified atom stereocenters. The summed E-state index contributed by atoms with van der Waals surface area (Å²) in [4.78, 5) is 0. The number of halogens is 1. The van der Waals surface area contributed by atoms with Crippen LogP contribution in [0.2, 0.25) is 5.15 Å². The van der Waals surface area contributed by atoms with Gasteiger partial charge in [-0.25, -0.2) is 0 Å². The first-order valence-corrected chi connectivity index (χ1v) is 6.90. The van der Waals surface area contributed by atoms with Gasteiger partial charge in [0.1, 0.15) is 5.75 Å². The molecule has 5 heteroatoms. The van der Waals surface area contributed by atoms with Gasteiger partial charge in [-0.3, -0.25) is 0 Å². The van der Waals surface area contributed by atoms with Crippen LogP contribution in [-0.4, -0.2) is 8.75 Å². The zero-order valence-electron chi connectivity index (χ0n) is 10.6. The van der Waals surface area contributed by atoms with Gasteiger partial charge in [-0.1, -0.05) is 44.5 Å². The smallest absolute Gasteiger partial charge is 0.270 e. The molecule has 0 saturated carbocycles. The minimum absolute atomic E-state index is 0.179. The van der Waals surface area contributed by atoms with Gasteiger partial charge >= 0.3 is 0 Å². The summed E-state index contributed by atoms with van der Waals surface area (Å²) in [6.45, 7) is 6.64. The first-order valence-electron chi connectivity index (χ1n) is 5.79. The molecule has 0 bridgehead atoms. The van der Waals surface area contributed by atoms with Crippen molar-refractivity contribution < 1.29 is 4.74 Å². The van der Waals surface area contributed by atoms with Gasteiger partial charge in [0, 0.05) is 0 Å². The van der Waals surface area contributed by atoms with E-state index in [-0.39, 0.29) is 5.41 Å². The molecule has 0 N–H and O–H groups in total. The summed E-state index contributed by atoms with van der Waals surface area (Å²) in [6, 6.07) is 8.02. The summed E-state index contributed by atoms with van der Waals surface area (Å²) in [5.74, 6) is 1.09. The first kappa shape index (κ1) is 13.3. The minimum Gasteiger partial charge on any atom is -0.436 e. The fourth-order valence-corrected chi connectivity index (χ4v) is 2.13. The van der Waals surface area contributed by atoms with Crippen molar-refractivity contribution in [2.24, 2.45) is 0 Å². The van der Waals surface area contributed by atoms with Gasteiger partial charge in [0.05, 0.1) is 11.7 Å². The Morgan fingerprint density at radius 3 is 2.39 bits per heavy atom. The molecule has 96 valence electrons. The molecule has 0 spiro atoms. The number of hydrogen-bond donors (Lipinski definition) is 0. The van der Waals surface area contributed by atoms with Gasteiger partial charge < -0.3 is 4.74 Å². The monoisotopic (exact) mass is 282 g/mol. The molecule has 2 aromatic rings. The summed E-state index contributed by atoms with van der Waals surface area (Å²) in [6.07, 6.45) is 1.09. The van der Waals surface area contributed by atoms with Gasteiger partial charge in [-0.05, 0) is 29.5 Å². The molecule has 0 aliphatic rings. The van der Waals surface area contributed by atoms with Crippen LogP contribution in [0.3, 0.4) is 0 Å². The topological polar surface area (TPSA) is 35.0 Å². The standard InChI is InChI=1S/C13H15ClN2OS/c1-4-13(2,3)9-5-7-10(8-6-9)17-12-11(14)15-18-16-12/h5-8H,4H2,1-3H3. The van der Waals surface area contributed by atoms with Gasteiger partial charge in [-0.2, -0.15) is 4.37 Å². The molecule has 2 rings (SSSR count). The Hall–Kier alpha value is -1.13. The van der Waals surface area contributed by atoms with E-state index in [1.807, 2.05) is 12.1 Å². The third-order valence-corrected chi connectivity index (χ3v) is 4.01. The minimum atomic E-state index is 0.179. The molecule has 0 aliphatic heterocycles. The number of aromatic nitrogens is 2. The Balaban J connectivity index is 2.16. The van der Waals surface area contributed by atoms with Gasteiger partial charge in [0.2, 0.25) is 5.15 Å². The molecule has 0 saturated heterocycles. The first-order chi connectivity index (χ1) is 8.53. The molecule has 1 aromatic carbocycles. The zero-order chi connectivity index (χ0) is 13.2. The fourth-order valence-electron chi connectivity index (χ4n) is 1.52. The summed E-state index contributed by atoms with van der Waals surface area (Å²) >= 11 is 6.87. The lowest BCUT2D eigenvalue weighted by Crippen LogP contribution is -2.14. The largest absolute Gasteiger partial charge is 0.436 e. The van der Waals surface area contributed by atoms with Crippen LogP contribution in [0.1, 0.15) is 32.8 Å². The Bertz CT molecular complexity index is 522. The van der Waals surface area contributed by atoms with E-state index in [1.165, 1.54) is 5.56 Å². The molecular formula is C13H15ClN2OS. The summed E-state index contributed by atoms with van der Waals surface area (Å²) in [5, 5.41) is 0.304. The van der Waals surface area contributed by atoms with Crippen LogP contribution in [0.15, 0.2) is 24.3 Å². The number of rotatable bonds is 4. The van der Waals surface area contributed by atoms with Crippen molar-refractivity contribution in [2.75, 3.05) is 0 Å². The molecule has 3 nitrogen and oxygen atoms in total. The van der Waals surface area contributed by atoms with Crippen LogP contribution < -0.4 is 4.74 Å². The van der Waals surface area contributed by atoms with E-state index in [9.17, 15) is 0 Å². The highest BCUT2D eigenvalue weighted by molar-refractivity contribution is 6.99. The molecule has 0 aliphatic carbocycles. The molecule has 1 heterocycles. The molecule has 0 radical (unpaired) electrons. The predicted octanol–water partition coefficient (Wildman–Crippen LogP) is 4.67. The van der Waals surface area contributed by atoms with Crippen molar-refractivity contribution in [2.45, 2.75) is 32.6 Å². The second-order valence-corrected chi connectivity index (χ2v) is 5.61. The number of benzene rings is 1. The lowest BCUT2D eigenvalue weighted by atomic mass is 9.82. The quantitative estimate of drug-likeness (QED) is 0.817. The molecular weight excluding hydrogens is 268 g/mol. The van der Waals surface area contributed by atoms with Crippen molar-refractivity contribution in [3.05, 3.63) is 35.0 Å². The summed E-state index contributed by atoms with van der Waals surface area (Å²) < 4.78 is 13.4. The molecule has 18 heavy (non-hydrogen) atoms. The summed E-state index contributed by atoms with van der Waals surface area (Å²) in [5.41, 5.74) is 1.47. The van der Waals surface area contributed by atoms with Crippen LogP contribution in [0.5, 0.6) is 11.6 Å². The Morgan fingerprint density at radius 2 is 1.89 bits per heavy atom. The zero-order valence-corrected chi connectivity index (χ0v) is 12.2. The maximum Gasteiger partial charge on any atom is 0.270 e. The Labute approximate surface area is 116 Å². The van der Waals surface area contributed by atoms with Crippen LogP contribution in [0.25, 0.3) is 0 Å². The van der Waals surface area contributed by atoms with Crippen LogP contribution in [0.4, 0.5) is 0 Å². The lowest BCUT2D eigenvalue weighted by Gasteiger charge is -2.23. The average molecular weight is 283 g/mol. The second kappa shape index (κ2) is 5.24. The van der Waals surface area contributed by atoms with E-state index >= 15 is 0 Å². The second-order valence-electron chi connectivity index (χ2n) is 4.72. The van der Waals surface area contributed by atoms with Crippen molar-refractivity contribution >= 4 is 23.3 Å². The number of hydrogen-bond acceptors (Lipinski definition) is 4. The lowest BCUT2D eigenvalue weighted by molar-refractivity contribution is 0.465. The van der Waals surface area contributed by atoms with Crippen molar-refractivity contribution in [3.63, 3.8) is 0 Å². The third-order valence-electron chi connectivity index (χ3n) is 3.16. The normalized spacial score (nSPS) is 11.6. The average Bonchev–Trinajstić information content (AvgIpc) is 2.76. The maximum absolute atomic E-state index is 5.83. The fraction of sp³-hybridized carbons (Fsp3) is 0.385. The van der Waals surface area contributed by atoms with Crippen LogP contribution in [-0.2, 0) is 5.41 Å². The van der Waals surface area contributed by atoms with Crippen molar-refractivity contribution in [1.29, 1.82) is 0 Å².